The second kappa shape index (κ2) is 3.75. The van der Waals surface area contributed by atoms with Gasteiger partial charge < -0.3 is 4.98 Å². The summed E-state index contributed by atoms with van der Waals surface area (Å²) in [6.45, 7) is 0.233. The van der Waals surface area contributed by atoms with Crippen LogP contribution in [0.5, 0.6) is 0 Å². The minimum absolute atomic E-state index is 0.178. The van der Waals surface area contributed by atoms with Gasteiger partial charge >= 0.3 is 6.18 Å². The Morgan fingerprint density at radius 1 is 1.22 bits per heavy atom. The molecule has 5 heteroatoms. The van der Waals surface area contributed by atoms with Crippen molar-refractivity contribution in [1.82, 2.24) is 10.3 Å². The van der Waals surface area contributed by atoms with Gasteiger partial charge in [0.05, 0.1) is 0 Å². The average Bonchev–Trinajstić information content (AvgIpc) is 2.96. The van der Waals surface area contributed by atoms with E-state index in [4.69, 9.17) is 0 Å². The van der Waals surface area contributed by atoms with Crippen molar-refractivity contribution in [2.45, 2.75) is 31.1 Å². The fourth-order valence-corrected chi connectivity index (χ4v) is 2.25. The second-order valence-corrected chi connectivity index (χ2v) is 4.79. The summed E-state index contributed by atoms with van der Waals surface area (Å²) in [6.07, 6.45) is -2.00. The van der Waals surface area contributed by atoms with Crippen LogP contribution in [0, 0.1) is 0 Å². The fourth-order valence-electron chi connectivity index (χ4n) is 2.25. The smallest absolute Gasteiger partial charge is 0.361 e. The van der Waals surface area contributed by atoms with Crippen LogP contribution in [0.3, 0.4) is 0 Å². The van der Waals surface area contributed by atoms with Crippen LogP contribution in [-0.4, -0.2) is 16.7 Å². The standard InChI is InChI=1S/C13H13F3N2/c14-13(15,16)12(5-6-12)18-8-10-3-1-2-9-4-7-17-11(9)10/h1-4,7,17-18H,5-6,8H2. The molecule has 1 heterocycles. The monoisotopic (exact) mass is 254 g/mol. The highest BCUT2D eigenvalue weighted by molar-refractivity contribution is 5.82. The molecule has 3 rings (SSSR count). The number of aromatic nitrogens is 1. The van der Waals surface area contributed by atoms with Gasteiger partial charge in [-0.3, -0.25) is 5.32 Å². The normalized spacial score (nSPS) is 18.2. The van der Waals surface area contributed by atoms with Crippen molar-refractivity contribution in [3.63, 3.8) is 0 Å². The first kappa shape index (κ1) is 11.6. The maximum atomic E-state index is 12.8. The van der Waals surface area contributed by atoms with Gasteiger partial charge in [0.25, 0.3) is 0 Å². The van der Waals surface area contributed by atoms with Gasteiger partial charge in [0, 0.05) is 18.3 Å². The lowest BCUT2D eigenvalue weighted by Gasteiger charge is -2.20. The number of fused-ring (bicyclic) bond motifs is 1. The van der Waals surface area contributed by atoms with Crippen molar-refractivity contribution in [2.24, 2.45) is 0 Å². The Hall–Kier alpha value is -1.49. The number of halogens is 3. The summed E-state index contributed by atoms with van der Waals surface area (Å²) in [5, 5.41) is 3.68. The molecule has 96 valence electrons. The summed E-state index contributed by atoms with van der Waals surface area (Å²) in [5.41, 5.74) is 0.123. The number of alkyl halides is 3. The Bertz CT molecular complexity index is 567. The lowest BCUT2D eigenvalue weighted by molar-refractivity contribution is -0.166. The van der Waals surface area contributed by atoms with Gasteiger partial charge in [0.2, 0.25) is 0 Å². The Labute approximate surface area is 102 Å². The van der Waals surface area contributed by atoms with Crippen LogP contribution in [-0.2, 0) is 6.54 Å². The summed E-state index contributed by atoms with van der Waals surface area (Å²) >= 11 is 0. The van der Waals surface area contributed by atoms with E-state index >= 15 is 0 Å². The van der Waals surface area contributed by atoms with Gasteiger partial charge in [-0.05, 0) is 29.9 Å². The molecule has 0 bridgehead atoms. The number of nitrogens with one attached hydrogen (secondary N) is 2. The van der Waals surface area contributed by atoms with E-state index in [-0.39, 0.29) is 19.4 Å². The molecule has 0 amide bonds. The predicted octanol–water partition coefficient (Wildman–Crippen LogP) is 3.35. The molecule has 0 atom stereocenters. The summed E-state index contributed by atoms with van der Waals surface area (Å²) in [7, 11) is 0. The highest BCUT2D eigenvalue weighted by atomic mass is 19.4. The second-order valence-electron chi connectivity index (χ2n) is 4.79. The van der Waals surface area contributed by atoms with Crippen molar-refractivity contribution >= 4 is 10.9 Å². The molecule has 2 nitrogen and oxygen atoms in total. The highest BCUT2D eigenvalue weighted by Gasteiger charge is 2.62. The molecule has 2 aromatic rings. The van der Waals surface area contributed by atoms with E-state index in [9.17, 15) is 13.2 Å². The number of hydrogen-bond acceptors (Lipinski definition) is 1. The number of hydrogen-bond donors (Lipinski definition) is 2. The summed E-state index contributed by atoms with van der Waals surface area (Å²) in [4.78, 5) is 3.06. The zero-order valence-electron chi connectivity index (χ0n) is 9.64. The molecular formula is C13H13F3N2. The zero-order valence-corrected chi connectivity index (χ0v) is 9.64. The van der Waals surface area contributed by atoms with E-state index < -0.39 is 11.7 Å². The fraction of sp³-hybridized carbons (Fsp3) is 0.385. The lowest BCUT2D eigenvalue weighted by atomic mass is 10.1. The molecule has 1 saturated carbocycles. The van der Waals surface area contributed by atoms with Crippen molar-refractivity contribution in [3.8, 4) is 0 Å². The van der Waals surface area contributed by atoms with Gasteiger partial charge in [-0.1, -0.05) is 18.2 Å². The largest absolute Gasteiger partial charge is 0.406 e. The molecule has 18 heavy (non-hydrogen) atoms. The Balaban J connectivity index is 1.80. The number of para-hydroxylation sites is 1. The van der Waals surface area contributed by atoms with Crippen LogP contribution in [0.15, 0.2) is 30.5 Å². The van der Waals surface area contributed by atoms with Crippen LogP contribution in [0.2, 0.25) is 0 Å². The van der Waals surface area contributed by atoms with Crippen LogP contribution in [0.1, 0.15) is 18.4 Å². The van der Waals surface area contributed by atoms with Crippen molar-refractivity contribution in [1.29, 1.82) is 0 Å². The molecule has 1 aromatic carbocycles. The van der Waals surface area contributed by atoms with Crippen LogP contribution in [0.25, 0.3) is 10.9 Å². The Morgan fingerprint density at radius 3 is 2.67 bits per heavy atom. The number of benzene rings is 1. The van der Waals surface area contributed by atoms with Gasteiger partial charge in [0.15, 0.2) is 0 Å². The molecule has 0 radical (unpaired) electrons. The van der Waals surface area contributed by atoms with Crippen LogP contribution >= 0.6 is 0 Å². The Kier molecular flexibility index (Phi) is 2.41. The van der Waals surface area contributed by atoms with Gasteiger partial charge in [-0.15, -0.1) is 0 Å². The number of aromatic amines is 1. The quantitative estimate of drug-likeness (QED) is 0.863. The molecule has 0 aliphatic heterocycles. The van der Waals surface area contributed by atoms with Gasteiger partial charge in [0.1, 0.15) is 5.54 Å². The molecule has 1 aromatic heterocycles. The minimum atomic E-state index is -4.16. The maximum absolute atomic E-state index is 12.8. The maximum Gasteiger partial charge on any atom is 0.406 e. The first-order valence-corrected chi connectivity index (χ1v) is 5.89. The minimum Gasteiger partial charge on any atom is -0.361 e. The molecule has 2 N–H and O–H groups in total. The molecule has 0 spiro atoms. The van der Waals surface area contributed by atoms with Gasteiger partial charge in [-0.25, -0.2) is 0 Å². The highest BCUT2D eigenvalue weighted by Crippen LogP contribution is 2.49. The third-order valence-corrected chi connectivity index (χ3v) is 3.58. The average molecular weight is 254 g/mol. The van der Waals surface area contributed by atoms with Crippen molar-refractivity contribution in [2.75, 3.05) is 0 Å². The van der Waals surface area contributed by atoms with E-state index in [0.717, 1.165) is 16.5 Å². The number of H-pyrrole nitrogens is 1. The SMILES string of the molecule is FC(F)(F)C1(NCc2cccc3cc[nH]c23)CC1. The summed E-state index contributed by atoms with van der Waals surface area (Å²) < 4.78 is 38.3. The van der Waals surface area contributed by atoms with Crippen molar-refractivity contribution in [3.05, 3.63) is 36.0 Å². The zero-order chi connectivity index (χ0) is 12.8. The molecular weight excluding hydrogens is 241 g/mol. The summed E-state index contributed by atoms with van der Waals surface area (Å²) in [5.74, 6) is 0. The Morgan fingerprint density at radius 2 is 2.00 bits per heavy atom. The van der Waals surface area contributed by atoms with E-state index in [1.165, 1.54) is 0 Å². The first-order valence-electron chi connectivity index (χ1n) is 5.89. The molecule has 0 saturated heterocycles. The van der Waals surface area contributed by atoms with Crippen LogP contribution < -0.4 is 5.32 Å². The number of rotatable bonds is 3. The van der Waals surface area contributed by atoms with Crippen LogP contribution in [0.4, 0.5) is 13.2 Å². The van der Waals surface area contributed by atoms with E-state index in [2.05, 4.69) is 10.3 Å². The molecule has 1 aliphatic rings. The third-order valence-electron chi connectivity index (χ3n) is 3.58. The topological polar surface area (TPSA) is 27.8 Å². The van der Waals surface area contributed by atoms with E-state index in [1.807, 2.05) is 24.3 Å². The molecule has 1 aliphatic carbocycles. The first-order chi connectivity index (χ1) is 8.52. The molecule has 1 fully saturated rings. The van der Waals surface area contributed by atoms with E-state index in [1.54, 1.807) is 6.20 Å². The van der Waals surface area contributed by atoms with Gasteiger partial charge in [-0.2, -0.15) is 13.2 Å². The lowest BCUT2D eigenvalue weighted by Crippen LogP contribution is -2.44. The third kappa shape index (κ3) is 1.79. The van der Waals surface area contributed by atoms with Crippen molar-refractivity contribution < 1.29 is 13.2 Å². The summed E-state index contributed by atoms with van der Waals surface area (Å²) in [6, 6.07) is 7.56. The molecule has 0 unspecified atom stereocenters. The van der Waals surface area contributed by atoms with E-state index in [0.29, 0.717) is 0 Å². The predicted molar refractivity (Wildman–Crippen MR) is 63.2 cm³/mol.